The highest BCUT2D eigenvalue weighted by molar-refractivity contribution is 5.86. The van der Waals surface area contributed by atoms with Crippen molar-refractivity contribution in [2.75, 3.05) is 6.54 Å². The first kappa shape index (κ1) is 15.6. The first-order valence-corrected chi connectivity index (χ1v) is 8.67. The number of amides is 1. The Balaban J connectivity index is 1.53. The van der Waals surface area contributed by atoms with Crippen LogP contribution in [0.2, 0.25) is 0 Å². The largest absolute Gasteiger partial charge is 0.337 e. The number of nitrogens with one attached hydrogen (secondary N) is 1. The van der Waals surface area contributed by atoms with Crippen molar-refractivity contribution in [3.05, 3.63) is 81.8 Å². The van der Waals surface area contributed by atoms with Crippen LogP contribution in [0.1, 0.15) is 23.2 Å². The average molecular weight is 332 g/mol. The van der Waals surface area contributed by atoms with Crippen LogP contribution in [-0.2, 0) is 24.2 Å². The fourth-order valence-corrected chi connectivity index (χ4v) is 3.59. The van der Waals surface area contributed by atoms with Gasteiger partial charge in [-0.2, -0.15) is 0 Å². The Morgan fingerprint density at radius 2 is 1.72 bits per heavy atom. The van der Waals surface area contributed by atoms with Crippen LogP contribution in [0.5, 0.6) is 0 Å². The highest BCUT2D eigenvalue weighted by Crippen LogP contribution is 2.24. The van der Waals surface area contributed by atoms with Crippen LogP contribution in [0.4, 0.5) is 0 Å². The van der Waals surface area contributed by atoms with Gasteiger partial charge in [0, 0.05) is 24.0 Å². The van der Waals surface area contributed by atoms with Gasteiger partial charge in [0.15, 0.2) is 0 Å². The van der Waals surface area contributed by atoms with Gasteiger partial charge in [0.05, 0.1) is 6.54 Å². The number of hydrogen-bond donors (Lipinski definition) is 1. The number of aryl methyl sites for hydroxylation is 1. The zero-order chi connectivity index (χ0) is 17.2. The van der Waals surface area contributed by atoms with Gasteiger partial charge in [0.25, 0.3) is 5.56 Å². The van der Waals surface area contributed by atoms with Gasteiger partial charge in [-0.15, -0.1) is 0 Å². The molecule has 25 heavy (non-hydrogen) atoms. The maximum atomic E-state index is 12.6. The van der Waals surface area contributed by atoms with E-state index in [2.05, 4.69) is 4.98 Å². The van der Waals surface area contributed by atoms with Crippen LogP contribution >= 0.6 is 0 Å². The molecule has 4 nitrogen and oxygen atoms in total. The summed E-state index contributed by atoms with van der Waals surface area (Å²) in [5.74, 6) is 0.142. The molecule has 0 saturated carbocycles. The molecule has 1 aromatic heterocycles. The summed E-state index contributed by atoms with van der Waals surface area (Å²) in [6.45, 7) is 1.19. The van der Waals surface area contributed by atoms with E-state index in [0.29, 0.717) is 19.5 Å². The second-order valence-electron chi connectivity index (χ2n) is 6.51. The van der Waals surface area contributed by atoms with Crippen molar-refractivity contribution in [3.8, 4) is 0 Å². The van der Waals surface area contributed by atoms with E-state index in [1.54, 1.807) is 0 Å². The zero-order valence-electron chi connectivity index (χ0n) is 14.0. The number of carbonyl (C=O) groups excluding carboxylic acids is 1. The quantitative estimate of drug-likeness (QED) is 0.801. The number of nitrogens with zero attached hydrogens (tertiary/aromatic N) is 1. The Morgan fingerprint density at radius 1 is 1.00 bits per heavy atom. The lowest BCUT2D eigenvalue weighted by Crippen LogP contribution is -2.37. The monoisotopic (exact) mass is 332 g/mol. The molecule has 1 aliphatic heterocycles. The summed E-state index contributed by atoms with van der Waals surface area (Å²) < 4.78 is 0. The molecule has 3 aromatic rings. The molecule has 0 spiro atoms. The fraction of sp³-hybridized carbons (Fsp3) is 0.238. The van der Waals surface area contributed by atoms with Crippen molar-refractivity contribution in [1.82, 2.24) is 9.88 Å². The molecule has 0 bridgehead atoms. The predicted molar refractivity (Wildman–Crippen MR) is 98.5 cm³/mol. The van der Waals surface area contributed by atoms with Crippen LogP contribution < -0.4 is 5.56 Å². The van der Waals surface area contributed by atoms with Gasteiger partial charge >= 0.3 is 0 Å². The standard InChI is InChI=1S/C21H20N2O2/c24-20(11-10-15-6-2-1-3-7-15)23-13-12-17-16-8-4-5-9-18(16)21(25)22-19(17)14-23/h1-9H,10-14H2,(H,22,25). The van der Waals surface area contributed by atoms with Crippen molar-refractivity contribution in [2.45, 2.75) is 25.8 Å². The van der Waals surface area contributed by atoms with Gasteiger partial charge in [0.2, 0.25) is 5.91 Å². The lowest BCUT2D eigenvalue weighted by atomic mass is 9.97. The minimum absolute atomic E-state index is 0.0760. The van der Waals surface area contributed by atoms with E-state index < -0.39 is 0 Å². The van der Waals surface area contributed by atoms with E-state index in [-0.39, 0.29) is 11.5 Å². The highest BCUT2D eigenvalue weighted by atomic mass is 16.2. The second kappa shape index (κ2) is 6.55. The number of carbonyl (C=O) groups is 1. The molecular weight excluding hydrogens is 312 g/mol. The van der Waals surface area contributed by atoms with Gasteiger partial charge in [-0.1, -0.05) is 48.5 Å². The van der Waals surface area contributed by atoms with Crippen LogP contribution in [0.3, 0.4) is 0 Å². The maximum Gasteiger partial charge on any atom is 0.256 e. The smallest absolute Gasteiger partial charge is 0.256 e. The van der Waals surface area contributed by atoms with E-state index in [1.807, 2.05) is 59.5 Å². The fourth-order valence-electron chi connectivity index (χ4n) is 3.59. The van der Waals surface area contributed by atoms with Crippen LogP contribution in [0.15, 0.2) is 59.4 Å². The number of benzene rings is 2. The maximum absolute atomic E-state index is 12.6. The van der Waals surface area contributed by atoms with E-state index in [1.165, 1.54) is 11.1 Å². The summed E-state index contributed by atoms with van der Waals surface area (Å²) in [7, 11) is 0. The van der Waals surface area contributed by atoms with Gasteiger partial charge in [0.1, 0.15) is 0 Å². The molecule has 0 atom stereocenters. The lowest BCUT2D eigenvalue weighted by molar-refractivity contribution is -0.132. The van der Waals surface area contributed by atoms with E-state index in [9.17, 15) is 9.59 Å². The molecule has 126 valence electrons. The van der Waals surface area contributed by atoms with Crippen molar-refractivity contribution in [1.29, 1.82) is 0 Å². The zero-order valence-corrected chi connectivity index (χ0v) is 14.0. The summed E-state index contributed by atoms with van der Waals surface area (Å²) in [4.78, 5) is 29.7. The summed E-state index contributed by atoms with van der Waals surface area (Å²) in [5, 5.41) is 1.74. The third-order valence-corrected chi connectivity index (χ3v) is 4.93. The molecule has 0 saturated heterocycles. The van der Waals surface area contributed by atoms with Crippen molar-refractivity contribution < 1.29 is 4.79 Å². The van der Waals surface area contributed by atoms with E-state index in [0.717, 1.165) is 29.3 Å². The topological polar surface area (TPSA) is 53.2 Å². The molecule has 1 amide bonds. The summed E-state index contributed by atoms with van der Waals surface area (Å²) in [5.41, 5.74) is 3.14. The minimum atomic E-state index is -0.0760. The molecule has 0 radical (unpaired) electrons. The van der Waals surface area contributed by atoms with Crippen LogP contribution in [0, 0.1) is 0 Å². The number of pyridine rings is 1. The van der Waals surface area contributed by atoms with Crippen LogP contribution in [-0.4, -0.2) is 22.3 Å². The molecule has 0 aliphatic carbocycles. The molecule has 1 N–H and O–H groups in total. The third kappa shape index (κ3) is 3.07. The molecule has 0 fully saturated rings. The summed E-state index contributed by atoms with van der Waals surface area (Å²) >= 11 is 0. The molecule has 4 heteroatoms. The van der Waals surface area contributed by atoms with E-state index >= 15 is 0 Å². The van der Waals surface area contributed by atoms with Crippen molar-refractivity contribution in [2.24, 2.45) is 0 Å². The predicted octanol–water partition coefficient (Wildman–Crippen LogP) is 3.05. The SMILES string of the molecule is O=C(CCc1ccccc1)N1CCc2c([nH]c(=O)c3ccccc23)C1. The van der Waals surface area contributed by atoms with Gasteiger partial charge < -0.3 is 9.88 Å². The third-order valence-electron chi connectivity index (χ3n) is 4.93. The average Bonchev–Trinajstić information content (AvgIpc) is 2.67. The molecule has 2 heterocycles. The Morgan fingerprint density at radius 3 is 2.52 bits per heavy atom. The molecule has 0 unspecified atom stereocenters. The number of fused-ring (bicyclic) bond motifs is 3. The van der Waals surface area contributed by atoms with Gasteiger partial charge in [-0.05, 0) is 35.4 Å². The Kier molecular flexibility index (Phi) is 4.10. The molecule has 1 aliphatic rings. The Bertz CT molecular complexity index is 976. The molecule has 2 aromatic carbocycles. The number of H-pyrrole nitrogens is 1. The van der Waals surface area contributed by atoms with Crippen LogP contribution in [0.25, 0.3) is 10.8 Å². The molecule has 4 rings (SSSR count). The van der Waals surface area contributed by atoms with E-state index in [4.69, 9.17) is 0 Å². The number of aromatic nitrogens is 1. The number of aromatic amines is 1. The van der Waals surface area contributed by atoms with Crippen molar-refractivity contribution >= 4 is 16.7 Å². The lowest BCUT2D eigenvalue weighted by Gasteiger charge is -2.29. The highest BCUT2D eigenvalue weighted by Gasteiger charge is 2.23. The summed E-state index contributed by atoms with van der Waals surface area (Å²) in [6, 6.07) is 17.7. The first-order valence-electron chi connectivity index (χ1n) is 8.67. The number of rotatable bonds is 3. The van der Waals surface area contributed by atoms with Crippen molar-refractivity contribution in [3.63, 3.8) is 0 Å². The Labute approximate surface area is 146 Å². The van der Waals surface area contributed by atoms with Gasteiger partial charge in [-0.25, -0.2) is 0 Å². The molecular formula is C21H20N2O2. The number of hydrogen-bond acceptors (Lipinski definition) is 2. The normalized spacial score (nSPS) is 13.7. The summed E-state index contributed by atoms with van der Waals surface area (Å²) in [6.07, 6.45) is 2.03. The second-order valence-corrected chi connectivity index (χ2v) is 6.51. The Hall–Kier alpha value is -2.88. The minimum Gasteiger partial charge on any atom is -0.337 e. The first-order chi connectivity index (χ1) is 12.2. The van der Waals surface area contributed by atoms with Gasteiger partial charge in [-0.3, -0.25) is 9.59 Å².